The van der Waals surface area contributed by atoms with Gasteiger partial charge in [-0.15, -0.1) is 0 Å². The third kappa shape index (κ3) is 57.4. The van der Waals surface area contributed by atoms with E-state index in [1.165, 1.54) is 141 Å². The average Bonchev–Trinajstić information content (AvgIpc) is 3.37. The van der Waals surface area contributed by atoms with Crippen LogP contribution in [-0.4, -0.2) is 37.2 Å². The number of carbonyl (C=O) groups excluding carboxylic acids is 3. The Morgan fingerprint density at radius 3 is 0.859 bits per heavy atom. The number of allylic oxidation sites excluding steroid dienone is 14. The monoisotopic (exact) mass is 989 g/mol. The predicted octanol–water partition coefficient (Wildman–Crippen LogP) is 20.3. The van der Waals surface area contributed by atoms with Gasteiger partial charge in [0.05, 0.1) is 0 Å². The van der Waals surface area contributed by atoms with Gasteiger partial charge in [-0.3, -0.25) is 14.4 Å². The number of carbonyl (C=O) groups is 3. The number of ether oxygens (including phenoxy) is 3. The van der Waals surface area contributed by atoms with E-state index in [1.807, 2.05) is 0 Å². The van der Waals surface area contributed by atoms with Gasteiger partial charge in [0.15, 0.2) is 6.10 Å². The highest BCUT2D eigenvalue weighted by molar-refractivity contribution is 5.71. The lowest BCUT2D eigenvalue weighted by molar-refractivity contribution is -0.167. The van der Waals surface area contributed by atoms with Gasteiger partial charge in [-0.1, -0.05) is 279 Å². The predicted molar refractivity (Wildman–Crippen MR) is 307 cm³/mol. The third-order valence-corrected chi connectivity index (χ3v) is 12.9. The molecule has 0 aliphatic rings. The van der Waals surface area contributed by atoms with E-state index in [4.69, 9.17) is 14.2 Å². The lowest BCUT2D eigenvalue weighted by Crippen LogP contribution is -2.30. The molecular formula is C65H112O6. The van der Waals surface area contributed by atoms with Gasteiger partial charge in [0.25, 0.3) is 0 Å². The minimum Gasteiger partial charge on any atom is -0.462 e. The van der Waals surface area contributed by atoms with Gasteiger partial charge in [0, 0.05) is 19.3 Å². The molecule has 0 saturated carbocycles. The maximum atomic E-state index is 12.9. The smallest absolute Gasteiger partial charge is 0.306 e. The molecule has 6 nitrogen and oxygen atoms in total. The number of hydrogen-bond acceptors (Lipinski definition) is 6. The highest BCUT2D eigenvalue weighted by atomic mass is 16.6. The summed E-state index contributed by atoms with van der Waals surface area (Å²) in [5, 5.41) is 0. The Kier molecular flexibility index (Phi) is 56.3. The summed E-state index contributed by atoms with van der Waals surface area (Å²) in [6, 6.07) is 0. The standard InChI is InChI=1S/C65H112O6/c1-4-7-10-13-16-19-21-23-25-27-29-30-31-32-33-34-36-37-39-41-43-46-49-52-55-58-64(67)70-61-62(60-69-63(66)57-54-51-48-45-18-15-12-9-6-3)71-65(68)59-56-53-50-47-44-42-40-38-35-28-26-24-22-20-17-14-11-8-5-2/h7,10,16,19,23,25,29-30,32-33,36-37,41,43,62H,4-6,8-9,11-15,17-18,20-22,24,26-28,31,34-35,38-40,42,44-61H2,1-3H3/b10-7-,19-16-,25-23-,30-29-,33-32-,37-36-,43-41-. The van der Waals surface area contributed by atoms with Crippen molar-refractivity contribution >= 4 is 17.9 Å². The molecule has 0 aromatic carbocycles. The summed E-state index contributed by atoms with van der Waals surface area (Å²) in [7, 11) is 0. The molecule has 0 radical (unpaired) electrons. The minimum absolute atomic E-state index is 0.0839. The molecule has 71 heavy (non-hydrogen) atoms. The zero-order chi connectivity index (χ0) is 51.4. The number of esters is 3. The number of unbranched alkanes of at least 4 members (excludes halogenated alkanes) is 29. The molecule has 1 unspecified atom stereocenters. The van der Waals surface area contributed by atoms with Gasteiger partial charge in [0.1, 0.15) is 13.2 Å². The van der Waals surface area contributed by atoms with E-state index < -0.39 is 6.10 Å². The third-order valence-electron chi connectivity index (χ3n) is 12.9. The molecular weight excluding hydrogens is 877 g/mol. The van der Waals surface area contributed by atoms with Gasteiger partial charge >= 0.3 is 17.9 Å². The summed E-state index contributed by atoms with van der Waals surface area (Å²) in [5.74, 6) is -0.911. The lowest BCUT2D eigenvalue weighted by atomic mass is 10.0. The van der Waals surface area contributed by atoms with Crippen LogP contribution in [0.15, 0.2) is 85.1 Å². The van der Waals surface area contributed by atoms with Crippen LogP contribution in [0.5, 0.6) is 0 Å². The quantitative estimate of drug-likeness (QED) is 0.0261. The second kappa shape index (κ2) is 59.2. The van der Waals surface area contributed by atoms with E-state index in [-0.39, 0.29) is 31.1 Å². The van der Waals surface area contributed by atoms with Gasteiger partial charge < -0.3 is 14.2 Å². The van der Waals surface area contributed by atoms with Gasteiger partial charge in [-0.25, -0.2) is 0 Å². The maximum absolute atomic E-state index is 12.9. The van der Waals surface area contributed by atoms with E-state index in [0.717, 1.165) is 109 Å². The molecule has 0 amide bonds. The van der Waals surface area contributed by atoms with E-state index >= 15 is 0 Å². The van der Waals surface area contributed by atoms with Crippen LogP contribution in [0, 0.1) is 0 Å². The van der Waals surface area contributed by atoms with E-state index in [2.05, 4.69) is 106 Å². The molecule has 408 valence electrons. The first-order chi connectivity index (χ1) is 35.0. The van der Waals surface area contributed by atoms with E-state index in [0.29, 0.717) is 19.3 Å². The second-order valence-electron chi connectivity index (χ2n) is 19.9. The summed E-state index contributed by atoms with van der Waals surface area (Å²) in [5.41, 5.74) is 0. The van der Waals surface area contributed by atoms with Crippen molar-refractivity contribution in [2.75, 3.05) is 13.2 Å². The largest absolute Gasteiger partial charge is 0.462 e. The van der Waals surface area contributed by atoms with Crippen LogP contribution in [-0.2, 0) is 28.6 Å². The van der Waals surface area contributed by atoms with Crippen molar-refractivity contribution in [3.05, 3.63) is 85.1 Å². The topological polar surface area (TPSA) is 78.9 Å². The zero-order valence-electron chi connectivity index (χ0n) is 46.7. The molecule has 0 aliphatic carbocycles. The molecule has 0 rings (SSSR count). The Bertz CT molecular complexity index is 1370. The summed E-state index contributed by atoms with van der Waals surface area (Å²) in [6.07, 6.45) is 77.3. The van der Waals surface area contributed by atoms with Crippen LogP contribution in [0.25, 0.3) is 0 Å². The van der Waals surface area contributed by atoms with Gasteiger partial charge in [-0.2, -0.15) is 0 Å². The van der Waals surface area contributed by atoms with Gasteiger partial charge in [0.2, 0.25) is 0 Å². The minimum atomic E-state index is -0.787. The molecule has 6 heteroatoms. The first kappa shape index (κ1) is 67.6. The lowest BCUT2D eigenvalue weighted by Gasteiger charge is -2.18. The normalized spacial score (nSPS) is 12.7. The van der Waals surface area contributed by atoms with Crippen LogP contribution in [0.4, 0.5) is 0 Å². The van der Waals surface area contributed by atoms with Crippen molar-refractivity contribution in [2.24, 2.45) is 0 Å². The first-order valence-corrected chi connectivity index (χ1v) is 30.1. The van der Waals surface area contributed by atoms with Crippen LogP contribution in [0.3, 0.4) is 0 Å². The Morgan fingerprint density at radius 1 is 0.296 bits per heavy atom. The Balaban J connectivity index is 4.31. The van der Waals surface area contributed by atoms with Crippen LogP contribution < -0.4 is 0 Å². The molecule has 0 bridgehead atoms. The highest BCUT2D eigenvalue weighted by Crippen LogP contribution is 2.16. The highest BCUT2D eigenvalue weighted by Gasteiger charge is 2.19. The molecule has 0 saturated heterocycles. The summed E-state index contributed by atoms with van der Waals surface area (Å²) in [4.78, 5) is 38.1. The molecule has 0 N–H and O–H groups in total. The molecule has 0 aromatic rings. The average molecular weight is 990 g/mol. The van der Waals surface area contributed by atoms with Crippen molar-refractivity contribution in [3.8, 4) is 0 Å². The van der Waals surface area contributed by atoms with Crippen LogP contribution >= 0.6 is 0 Å². The van der Waals surface area contributed by atoms with Crippen molar-refractivity contribution in [2.45, 2.75) is 297 Å². The fourth-order valence-corrected chi connectivity index (χ4v) is 8.42. The summed E-state index contributed by atoms with van der Waals surface area (Å²) in [6.45, 7) is 6.50. The SMILES string of the molecule is CC/C=C\C/C=C\C/C=C\C/C=C\C/C=C\C/C=C\C/C=C\CCCCCC(=O)OCC(COC(=O)CCCCCCCCCCC)OC(=O)CCCCCCCCCCCCCCCCCCCCC. The molecule has 0 spiro atoms. The molecule has 0 aromatic heterocycles. The second-order valence-corrected chi connectivity index (χ2v) is 19.9. The van der Waals surface area contributed by atoms with Gasteiger partial charge in [-0.05, 0) is 77.0 Å². The fourth-order valence-electron chi connectivity index (χ4n) is 8.42. The van der Waals surface area contributed by atoms with Crippen molar-refractivity contribution in [1.29, 1.82) is 0 Å². The first-order valence-electron chi connectivity index (χ1n) is 30.1. The van der Waals surface area contributed by atoms with E-state index in [1.54, 1.807) is 0 Å². The van der Waals surface area contributed by atoms with Crippen molar-refractivity contribution < 1.29 is 28.6 Å². The summed E-state index contributed by atoms with van der Waals surface area (Å²) >= 11 is 0. The Hall–Kier alpha value is -3.41. The van der Waals surface area contributed by atoms with Crippen LogP contribution in [0.2, 0.25) is 0 Å². The maximum Gasteiger partial charge on any atom is 0.306 e. The molecule has 1 atom stereocenters. The molecule has 0 heterocycles. The Morgan fingerprint density at radius 2 is 0.549 bits per heavy atom. The molecule has 0 aliphatic heterocycles. The molecule has 0 fully saturated rings. The number of hydrogen-bond donors (Lipinski definition) is 0. The van der Waals surface area contributed by atoms with E-state index in [9.17, 15) is 14.4 Å². The Labute approximate surface area is 439 Å². The van der Waals surface area contributed by atoms with Crippen molar-refractivity contribution in [1.82, 2.24) is 0 Å². The fraction of sp³-hybridized carbons (Fsp3) is 0.738. The van der Waals surface area contributed by atoms with Crippen molar-refractivity contribution in [3.63, 3.8) is 0 Å². The number of rotatable bonds is 54. The van der Waals surface area contributed by atoms with Crippen LogP contribution in [0.1, 0.15) is 290 Å². The summed E-state index contributed by atoms with van der Waals surface area (Å²) < 4.78 is 16.8. The zero-order valence-corrected chi connectivity index (χ0v) is 46.7.